The molecule has 1 saturated heterocycles. The number of hydrogen-bond acceptors (Lipinski definition) is 5. The molecule has 3 rings (SSSR count). The van der Waals surface area contributed by atoms with Crippen LogP contribution in [0.15, 0.2) is 30.5 Å². The van der Waals surface area contributed by atoms with Gasteiger partial charge in [-0.2, -0.15) is 0 Å². The van der Waals surface area contributed by atoms with Crippen molar-refractivity contribution >= 4 is 36.7 Å². The zero-order chi connectivity index (χ0) is 15.0. The zero-order valence-electron chi connectivity index (χ0n) is 10.9. The van der Waals surface area contributed by atoms with Crippen LogP contribution in [-0.2, 0) is 20.4 Å². The molecule has 2 heterocycles. The molecule has 110 valence electrons. The lowest BCUT2D eigenvalue weighted by Crippen LogP contribution is -2.27. The van der Waals surface area contributed by atoms with Gasteiger partial charge in [0.1, 0.15) is 5.25 Å². The van der Waals surface area contributed by atoms with E-state index in [0.29, 0.717) is 5.69 Å². The molecule has 0 saturated carbocycles. The molecule has 6 nitrogen and oxygen atoms in total. The van der Waals surface area contributed by atoms with Crippen molar-refractivity contribution in [2.45, 2.75) is 18.2 Å². The molecule has 21 heavy (non-hydrogen) atoms. The standard InChI is InChI=1S/C13H12ClN3O3S/c14-21(19,20)10-5-13(18)17(8-10)7-9-6-15-11-3-1-2-4-12(11)16-9/h1-4,6,10H,5,7-8H2. The molecule has 1 fully saturated rings. The first-order valence-electron chi connectivity index (χ1n) is 6.35. The number of hydrogen-bond donors (Lipinski definition) is 0. The van der Waals surface area contributed by atoms with Gasteiger partial charge in [-0.25, -0.2) is 13.4 Å². The fourth-order valence-electron chi connectivity index (χ4n) is 2.34. The maximum atomic E-state index is 11.9. The van der Waals surface area contributed by atoms with Crippen molar-refractivity contribution in [1.82, 2.24) is 14.9 Å². The highest BCUT2D eigenvalue weighted by Crippen LogP contribution is 2.22. The molecule has 0 bridgehead atoms. The van der Waals surface area contributed by atoms with Crippen LogP contribution in [0.2, 0.25) is 0 Å². The largest absolute Gasteiger partial charge is 0.335 e. The molecule has 0 radical (unpaired) electrons. The summed E-state index contributed by atoms with van der Waals surface area (Å²) in [6, 6.07) is 7.42. The first kappa shape index (κ1) is 14.2. The molecule has 1 amide bonds. The summed E-state index contributed by atoms with van der Waals surface area (Å²) in [5.74, 6) is -0.237. The normalized spacial score (nSPS) is 19.4. The summed E-state index contributed by atoms with van der Waals surface area (Å²) in [6.45, 7) is 0.332. The van der Waals surface area contributed by atoms with Crippen molar-refractivity contribution in [3.05, 3.63) is 36.2 Å². The number of benzene rings is 1. The van der Waals surface area contributed by atoms with E-state index in [1.165, 1.54) is 4.90 Å². The molecule has 8 heteroatoms. The summed E-state index contributed by atoms with van der Waals surface area (Å²) >= 11 is 0. The Morgan fingerprint density at radius 2 is 2.00 bits per heavy atom. The number of aromatic nitrogens is 2. The number of para-hydroxylation sites is 2. The SMILES string of the molecule is O=C1CC(S(=O)(=O)Cl)CN1Cc1cnc2ccccc2n1. The van der Waals surface area contributed by atoms with Crippen LogP contribution in [0.1, 0.15) is 12.1 Å². The Bertz CT molecular complexity index is 809. The maximum Gasteiger partial charge on any atom is 0.237 e. The van der Waals surface area contributed by atoms with Gasteiger partial charge in [0.15, 0.2) is 0 Å². The summed E-state index contributed by atoms with van der Waals surface area (Å²) < 4.78 is 22.6. The third kappa shape index (κ3) is 2.98. The lowest BCUT2D eigenvalue weighted by atomic mass is 10.3. The number of rotatable bonds is 3. The van der Waals surface area contributed by atoms with Crippen molar-refractivity contribution in [3.8, 4) is 0 Å². The summed E-state index contributed by atoms with van der Waals surface area (Å²) in [5, 5.41) is -0.847. The van der Waals surface area contributed by atoms with Gasteiger partial charge in [0.25, 0.3) is 0 Å². The zero-order valence-corrected chi connectivity index (χ0v) is 12.5. The molecule has 1 atom stereocenters. The van der Waals surface area contributed by atoms with Gasteiger partial charge in [-0.1, -0.05) is 12.1 Å². The van der Waals surface area contributed by atoms with Crippen LogP contribution >= 0.6 is 10.7 Å². The van der Waals surface area contributed by atoms with E-state index in [1.807, 2.05) is 24.3 Å². The molecule has 1 unspecified atom stereocenters. The fraction of sp³-hybridized carbons (Fsp3) is 0.308. The Labute approximate surface area is 126 Å². The van der Waals surface area contributed by atoms with Crippen molar-refractivity contribution in [1.29, 1.82) is 0 Å². The minimum absolute atomic E-state index is 0.0765. The molecule has 0 aliphatic carbocycles. The quantitative estimate of drug-likeness (QED) is 0.795. The number of halogens is 1. The lowest BCUT2D eigenvalue weighted by Gasteiger charge is -2.15. The van der Waals surface area contributed by atoms with Crippen LogP contribution in [0.5, 0.6) is 0 Å². The predicted octanol–water partition coefficient (Wildman–Crippen LogP) is 1.30. The Balaban J connectivity index is 1.81. The van der Waals surface area contributed by atoms with Crippen LogP contribution in [0.4, 0.5) is 0 Å². The maximum absolute atomic E-state index is 11.9. The van der Waals surface area contributed by atoms with Gasteiger partial charge in [-0.05, 0) is 12.1 Å². The highest BCUT2D eigenvalue weighted by atomic mass is 35.7. The summed E-state index contributed by atoms with van der Waals surface area (Å²) in [7, 11) is 1.59. The second-order valence-electron chi connectivity index (χ2n) is 4.93. The molecule has 0 spiro atoms. The van der Waals surface area contributed by atoms with Crippen molar-refractivity contribution in [2.24, 2.45) is 0 Å². The van der Waals surface area contributed by atoms with Crippen LogP contribution in [0.25, 0.3) is 11.0 Å². The number of likely N-dealkylation sites (tertiary alicyclic amines) is 1. The van der Waals surface area contributed by atoms with E-state index in [2.05, 4.69) is 9.97 Å². The summed E-state index contributed by atoms with van der Waals surface area (Å²) in [4.78, 5) is 22.0. The van der Waals surface area contributed by atoms with Gasteiger partial charge in [0.2, 0.25) is 15.0 Å². The Morgan fingerprint density at radius 3 is 2.67 bits per heavy atom. The minimum Gasteiger partial charge on any atom is -0.335 e. The third-order valence-electron chi connectivity index (χ3n) is 3.43. The topological polar surface area (TPSA) is 80.2 Å². The van der Waals surface area contributed by atoms with Crippen molar-refractivity contribution in [2.75, 3.05) is 6.54 Å². The minimum atomic E-state index is -3.72. The number of carbonyl (C=O) groups excluding carboxylic acids is 1. The van der Waals surface area contributed by atoms with Crippen LogP contribution in [0, 0.1) is 0 Å². The van der Waals surface area contributed by atoms with E-state index >= 15 is 0 Å². The molecule has 1 aliphatic rings. The number of fused-ring (bicyclic) bond motifs is 1. The van der Waals surface area contributed by atoms with E-state index < -0.39 is 14.3 Å². The van der Waals surface area contributed by atoms with Crippen LogP contribution in [0.3, 0.4) is 0 Å². The second-order valence-corrected chi connectivity index (χ2v) is 7.83. The second kappa shape index (κ2) is 5.23. The van der Waals surface area contributed by atoms with Crippen LogP contribution < -0.4 is 0 Å². The average Bonchev–Trinajstić information content (AvgIpc) is 2.80. The average molecular weight is 326 g/mol. The Hall–Kier alpha value is -1.73. The molecule has 1 aromatic heterocycles. The van der Waals surface area contributed by atoms with Gasteiger partial charge in [0, 0.05) is 23.6 Å². The van der Waals surface area contributed by atoms with E-state index in [0.717, 1.165) is 11.0 Å². The number of nitrogens with zero attached hydrogens (tertiary/aromatic N) is 3. The van der Waals surface area contributed by atoms with Gasteiger partial charge in [-0.15, -0.1) is 0 Å². The first-order valence-corrected chi connectivity index (χ1v) is 8.72. The highest BCUT2D eigenvalue weighted by Gasteiger charge is 2.37. The van der Waals surface area contributed by atoms with E-state index in [4.69, 9.17) is 10.7 Å². The number of carbonyl (C=O) groups is 1. The highest BCUT2D eigenvalue weighted by molar-refractivity contribution is 8.14. The molecule has 1 aliphatic heterocycles. The van der Waals surface area contributed by atoms with E-state index in [1.54, 1.807) is 6.20 Å². The van der Waals surface area contributed by atoms with Gasteiger partial charge in [-0.3, -0.25) is 9.78 Å². The van der Waals surface area contributed by atoms with Crippen LogP contribution in [-0.4, -0.2) is 41.0 Å². The first-order chi connectivity index (χ1) is 9.93. The van der Waals surface area contributed by atoms with Crippen molar-refractivity contribution in [3.63, 3.8) is 0 Å². The number of amides is 1. The predicted molar refractivity (Wildman–Crippen MR) is 78.1 cm³/mol. The van der Waals surface area contributed by atoms with E-state index in [9.17, 15) is 13.2 Å². The third-order valence-corrected chi connectivity index (χ3v) is 5.30. The Morgan fingerprint density at radius 1 is 1.29 bits per heavy atom. The van der Waals surface area contributed by atoms with Crippen molar-refractivity contribution < 1.29 is 13.2 Å². The molecule has 1 aromatic carbocycles. The molecule has 2 aromatic rings. The fourth-order valence-corrected chi connectivity index (χ4v) is 3.40. The monoisotopic (exact) mass is 325 g/mol. The van der Waals surface area contributed by atoms with Gasteiger partial charge in [0.05, 0.1) is 29.5 Å². The van der Waals surface area contributed by atoms with Gasteiger partial charge < -0.3 is 4.90 Å². The van der Waals surface area contributed by atoms with E-state index in [-0.39, 0.29) is 25.4 Å². The molecular formula is C13H12ClN3O3S. The smallest absolute Gasteiger partial charge is 0.237 e. The molecular weight excluding hydrogens is 314 g/mol. The Kier molecular flexibility index (Phi) is 3.54. The summed E-state index contributed by atoms with van der Waals surface area (Å²) in [5.41, 5.74) is 2.13. The van der Waals surface area contributed by atoms with Gasteiger partial charge >= 0.3 is 0 Å². The summed E-state index contributed by atoms with van der Waals surface area (Å²) in [6.07, 6.45) is 1.52. The molecule has 0 N–H and O–H groups in total. The lowest BCUT2D eigenvalue weighted by molar-refractivity contribution is -0.128.